The number of thiazole rings is 1. The summed E-state index contributed by atoms with van der Waals surface area (Å²) in [6.07, 6.45) is 3.61. The third kappa shape index (κ3) is 2.25. The first kappa shape index (κ1) is 12.6. The molecule has 2 fully saturated rings. The van der Waals surface area contributed by atoms with Gasteiger partial charge in [0, 0.05) is 11.3 Å². The lowest BCUT2D eigenvalue weighted by Crippen LogP contribution is -2.29. The highest BCUT2D eigenvalue weighted by Crippen LogP contribution is 2.57. The predicted octanol–water partition coefficient (Wildman–Crippen LogP) is 2.06. The summed E-state index contributed by atoms with van der Waals surface area (Å²) < 4.78 is 0. The van der Waals surface area contributed by atoms with E-state index < -0.39 is 5.97 Å². The van der Waals surface area contributed by atoms with Gasteiger partial charge in [0.25, 0.3) is 0 Å². The van der Waals surface area contributed by atoms with Crippen molar-refractivity contribution < 1.29 is 14.7 Å². The van der Waals surface area contributed by atoms with Gasteiger partial charge < -0.3 is 10.4 Å². The molecule has 102 valence electrons. The molecule has 1 aromatic rings. The Kier molecular flexibility index (Phi) is 3.05. The van der Waals surface area contributed by atoms with Crippen molar-refractivity contribution in [1.82, 2.24) is 10.3 Å². The molecule has 19 heavy (non-hydrogen) atoms. The van der Waals surface area contributed by atoms with E-state index in [0.717, 1.165) is 0 Å². The first-order valence-corrected chi connectivity index (χ1v) is 7.45. The van der Waals surface area contributed by atoms with E-state index >= 15 is 0 Å². The van der Waals surface area contributed by atoms with Crippen molar-refractivity contribution in [1.29, 1.82) is 0 Å². The molecule has 6 heteroatoms. The topological polar surface area (TPSA) is 79.3 Å². The smallest absolute Gasteiger partial charge is 0.355 e. The Morgan fingerprint density at radius 2 is 2.16 bits per heavy atom. The van der Waals surface area contributed by atoms with Gasteiger partial charge in [-0.2, -0.15) is 0 Å². The van der Waals surface area contributed by atoms with Crippen LogP contribution >= 0.6 is 11.3 Å². The monoisotopic (exact) mass is 280 g/mol. The van der Waals surface area contributed by atoms with Crippen molar-refractivity contribution in [2.75, 3.05) is 0 Å². The Hall–Kier alpha value is -1.43. The zero-order valence-corrected chi connectivity index (χ0v) is 11.4. The summed E-state index contributed by atoms with van der Waals surface area (Å²) in [5, 5.41) is 13.9. The number of aromatic nitrogens is 1. The number of rotatable bonds is 4. The van der Waals surface area contributed by atoms with E-state index in [0.29, 0.717) is 16.8 Å². The molecule has 3 atom stereocenters. The third-order valence-electron chi connectivity index (χ3n) is 4.18. The molecule has 0 radical (unpaired) electrons. The van der Waals surface area contributed by atoms with Crippen LogP contribution in [0.1, 0.15) is 47.7 Å². The second-order valence-corrected chi connectivity index (χ2v) is 6.28. The summed E-state index contributed by atoms with van der Waals surface area (Å²) in [5.74, 6) is 0.457. The van der Waals surface area contributed by atoms with Crippen LogP contribution in [0, 0.1) is 17.8 Å². The summed E-state index contributed by atoms with van der Waals surface area (Å²) in [6.45, 7) is 1.85. The Balaban J connectivity index is 1.60. The fraction of sp³-hybridized carbons (Fsp3) is 0.615. The summed E-state index contributed by atoms with van der Waals surface area (Å²) in [5.41, 5.74) is 0.0457. The van der Waals surface area contributed by atoms with Crippen molar-refractivity contribution >= 4 is 23.2 Å². The van der Waals surface area contributed by atoms with Crippen LogP contribution in [-0.4, -0.2) is 22.0 Å². The van der Waals surface area contributed by atoms with E-state index in [1.165, 1.54) is 36.0 Å². The first-order valence-electron chi connectivity index (χ1n) is 6.57. The van der Waals surface area contributed by atoms with Crippen LogP contribution in [0.3, 0.4) is 0 Å². The average molecular weight is 280 g/mol. The molecule has 0 aromatic carbocycles. The van der Waals surface area contributed by atoms with Crippen molar-refractivity contribution in [3.63, 3.8) is 0 Å². The molecular formula is C13H16N2O3S. The Bertz CT molecular complexity index is 518. The molecule has 0 aliphatic heterocycles. The van der Waals surface area contributed by atoms with E-state index in [2.05, 4.69) is 10.3 Å². The lowest BCUT2D eigenvalue weighted by atomic mass is 10.1. The number of carbonyl (C=O) groups is 2. The number of carboxylic acids is 1. The van der Waals surface area contributed by atoms with Crippen molar-refractivity contribution in [3.05, 3.63) is 16.1 Å². The summed E-state index contributed by atoms with van der Waals surface area (Å²) in [4.78, 5) is 26.9. The molecule has 2 N–H and O–H groups in total. The molecular weight excluding hydrogens is 264 g/mol. The normalized spacial score (nSPS) is 29.6. The van der Waals surface area contributed by atoms with Gasteiger partial charge in [0.2, 0.25) is 5.91 Å². The zero-order chi connectivity index (χ0) is 13.6. The van der Waals surface area contributed by atoms with E-state index in [9.17, 15) is 9.59 Å². The summed E-state index contributed by atoms with van der Waals surface area (Å²) in [6, 6.07) is -0.216. The van der Waals surface area contributed by atoms with Crippen LogP contribution < -0.4 is 5.32 Å². The largest absolute Gasteiger partial charge is 0.476 e. The maximum Gasteiger partial charge on any atom is 0.355 e. The highest BCUT2D eigenvalue weighted by atomic mass is 32.1. The van der Waals surface area contributed by atoms with Crippen LogP contribution in [0.2, 0.25) is 0 Å². The molecule has 2 aliphatic carbocycles. The molecule has 1 amide bonds. The Labute approximate surface area is 115 Å². The standard InChI is InChI=1S/C13H16N2O3S/c1-6(12-15-9(5-19-12)13(17)18)14-11(16)10-7-3-2-4-8(7)10/h5-8,10H,2-4H2,1H3,(H,14,16)(H,17,18). The molecule has 0 saturated heterocycles. The number of amides is 1. The molecule has 3 unspecified atom stereocenters. The second kappa shape index (κ2) is 4.59. The number of nitrogens with one attached hydrogen (secondary N) is 1. The van der Waals surface area contributed by atoms with Crippen molar-refractivity contribution in [2.24, 2.45) is 17.8 Å². The minimum atomic E-state index is -1.03. The highest BCUT2D eigenvalue weighted by molar-refractivity contribution is 7.09. The molecule has 5 nitrogen and oxygen atoms in total. The van der Waals surface area contributed by atoms with Crippen LogP contribution in [0.5, 0.6) is 0 Å². The minimum absolute atomic E-state index is 0.0457. The third-order valence-corrected chi connectivity index (χ3v) is 5.21. The predicted molar refractivity (Wildman–Crippen MR) is 70.0 cm³/mol. The fourth-order valence-electron chi connectivity index (χ4n) is 3.17. The van der Waals surface area contributed by atoms with Gasteiger partial charge in [0.1, 0.15) is 5.01 Å². The van der Waals surface area contributed by atoms with E-state index in [1.54, 1.807) is 0 Å². The number of aromatic carboxylic acids is 1. The van der Waals surface area contributed by atoms with Crippen LogP contribution in [0.15, 0.2) is 5.38 Å². The molecule has 0 bridgehead atoms. The quantitative estimate of drug-likeness (QED) is 0.884. The second-order valence-electron chi connectivity index (χ2n) is 5.39. The number of carboxylic acid groups (broad SMARTS) is 1. The van der Waals surface area contributed by atoms with Gasteiger partial charge in [-0.15, -0.1) is 11.3 Å². The molecule has 1 heterocycles. The average Bonchev–Trinajstić information content (AvgIpc) is 2.80. The van der Waals surface area contributed by atoms with E-state index in [1.807, 2.05) is 6.92 Å². The van der Waals surface area contributed by atoms with Crippen LogP contribution in [-0.2, 0) is 4.79 Å². The number of nitrogens with zero attached hydrogens (tertiary/aromatic N) is 1. The summed E-state index contributed by atoms with van der Waals surface area (Å²) >= 11 is 1.27. The zero-order valence-electron chi connectivity index (χ0n) is 10.6. The number of hydrogen-bond donors (Lipinski definition) is 2. The maximum atomic E-state index is 12.1. The fourth-order valence-corrected chi connectivity index (χ4v) is 3.97. The van der Waals surface area contributed by atoms with Gasteiger partial charge in [-0.05, 0) is 31.6 Å². The molecule has 0 spiro atoms. The van der Waals surface area contributed by atoms with Crippen molar-refractivity contribution in [2.45, 2.75) is 32.2 Å². The van der Waals surface area contributed by atoms with E-state index in [4.69, 9.17) is 5.11 Å². The van der Waals surface area contributed by atoms with Gasteiger partial charge >= 0.3 is 5.97 Å². The molecule has 3 rings (SSSR count). The summed E-state index contributed by atoms with van der Waals surface area (Å²) in [7, 11) is 0. The first-order chi connectivity index (χ1) is 9.08. The molecule has 2 saturated carbocycles. The SMILES string of the molecule is CC(NC(=O)C1C2CCCC21)c1nc(C(=O)O)cs1. The minimum Gasteiger partial charge on any atom is -0.476 e. The molecule has 2 aliphatic rings. The highest BCUT2D eigenvalue weighted by Gasteiger charge is 2.56. The number of carbonyl (C=O) groups excluding carboxylic acids is 1. The number of hydrogen-bond acceptors (Lipinski definition) is 4. The van der Waals surface area contributed by atoms with Crippen LogP contribution in [0.25, 0.3) is 0 Å². The van der Waals surface area contributed by atoms with Gasteiger partial charge in [-0.1, -0.05) is 6.42 Å². The molecule has 1 aromatic heterocycles. The Morgan fingerprint density at radius 1 is 1.47 bits per heavy atom. The van der Waals surface area contributed by atoms with E-state index in [-0.39, 0.29) is 23.6 Å². The number of fused-ring (bicyclic) bond motifs is 1. The Morgan fingerprint density at radius 3 is 2.74 bits per heavy atom. The van der Waals surface area contributed by atoms with Crippen molar-refractivity contribution in [3.8, 4) is 0 Å². The lowest BCUT2D eigenvalue weighted by molar-refractivity contribution is -0.123. The van der Waals surface area contributed by atoms with Gasteiger partial charge in [-0.25, -0.2) is 9.78 Å². The van der Waals surface area contributed by atoms with Gasteiger partial charge in [0.05, 0.1) is 6.04 Å². The van der Waals surface area contributed by atoms with Gasteiger partial charge in [-0.3, -0.25) is 4.79 Å². The maximum absolute atomic E-state index is 12.1. The van der Waals surface area contributed by atoms with Gasteiger partial charge in [0.15, 0.2) is 5.69 Å². The van der Waals surface area contributed by atoms with Crippen LogP contribution in [0.4, 0.5) is 0 Å². The lowest BCUT2D eigenvalue weighted by Gasteiger charge is -2.12.